The molecule has 0 fully saturated rings. The molecular weight excluding hydrogens is 326 g/mol. The van der Waals surface area contributed by atoms with E-state index < -0.39 is 15.8 Å². The second-order valence-electron chi connectivity index (χ2n) is 5.62. The van der Waals surface area contributed by atoms with Gasteiger partial charge in [0.2, 0.25) is 0 Å². The van der Waals surface area contributed by atoms with Crippen LogP contribution < -0.4 is 5.32 Å². The van der Waals surface area contributed by atoms with Crippen molar-refractivity contribution in [1.82, 2.24) is 0 Å². The number of nitrogens with one attached hydrogen (secondary N) is 1. The fraction of sp³-hybridized carbons (Fsp3) is 0.278. The molecule has 0 unspecified atom stereocenters. The monoisotopic (exact) mass is 347 g/mol. The van der Waals surface area contributed by atoms with Crippen molar-refractivity contribution in [3.05, 3.63) is 48.0 Å². The van der Waals surface area contributed by atoms with Gasteiger partial charge in [-0.1, -0.05) is 43.7 Å². The number of unbranched alkanes of at least 4 members (excludes halogenated alkanes) is 1. The Hall–Kier alpha value is -2.34. The molecule has 24 heavy (non-hydrogen) atoms. The zero-order valence-electron chi connectivity index (χ0n) is 13.7. The molecule has 0 aromatic heterocycles. The van der Waals surface area contributed by atoms with E-state index in [2.05, 4.69) is 12.2 Å². The van der Waals surface area contributed by atoms with E-state index in [4.69, 9.17) is 0 Å². The summed E-state index contributed by atoms with van der Waals surface area (Å²) < 4.78 is 24.5. The van der Waals surface area contributed by atoms with Gasteiger partial charge in [-0.25, -0.2) is 13.2 Å². The Labute approximate surface area is 142 Å². The largest absolute Gasteiger partial charge is 0.478 e. The molecule has 0 amide bonds. The van der Waals surface area contributed by atoms with Crippen LogP contribution in [0.25, 0.3) is 11.1 Å². The van der Waals surface area contributed by atoms with Crippen molar-refractivity contribution >= 4 is 21.5 Å². The molecule has 0 bridgehead atoms. The minimum atomic E-state index is -3.59. The van der Waals surface area contributed by atoms with Gasteiger partial charge < -0.3 is 10.4 Å². The van der Waals surface area contributed by atoms with Crippen LogP contribution in [0.5, 0.6) is 0 Å². The van der Waals surface area contributed by atoms with Gasteiger partial charge in [-0.05, 0) is 24.1 Å². The number of carboxylic acids is 1. The Morgan fingerprint density at radius 1 is 1.17 bits per heavy atom. The van der Waals surface area contributed by atoms with Crippen molar-refractivity contribution in [2.24, 2.45) is 0 Å². The average Bonchev–Trinajstić information content (AvgIpc) is 2.54. The van der Waals surface area contributed by atoms with E-state index in [9.17, 15) is 18.3 Å². The first-order valence-electron chi connectivity index (χ1n) is 7.75. The number of anilines is 1. The summed E-state index contributed by atoms with van der Waals surface area (Å²) >= 11 is 0. The zero-order valence-corrected chi connectivity index (χ0v) is 14.6. The molecule has 6 heteroatoms. The van der Waals surface area contributed by atoms with Crippen molar-refractivity contribution in [2.45, 2.75) is 24.7 Å². The first-order valence-corrected chi connectivity index (χ1v) is 9.64. The van der Waals surface area contributed by atoms with Gasteiger partial charge >= 0.3 is 5.97 Å². The van der Waals surface area contributed by atoms with Crippen LogP contribution in [0.4, 0.5) is 5.69 Å². The predicted octanol–water partition coefficient (Wildman–Crippen LogP) is 3.67. The fourth-order valence-electron chi connectivity index (χ4n) is 2.47. The van der Waals surface area contributed by atoms with Crippen LogP contribution in [-0.2, 0) is 9.84 Å². The topological polar surface area (TPSA) is 83.5 Å². The van der Waals surface area contributed by atoms with E-state index in [-0.39, 0.29) is 10.5 Å². The summed E-state index contributed by atoms with van der Waals surface area (Å²) in [5.41, 5.74) is 1.72. The van der Waals surface area contributed by atoms with Crippen LogP contribution in [0.15, 0.2) is 47.4 Å². The maximum atomic E-state index is 12.3. The first-order chi connectivity index (χ1) is 11.3. The SMILES string of the molecule is CCCCNc1cc(C(=O)O)cc(S(C)(=O)=O)c1-c1ccccc1. The molecule has 0 atom stereocenters. The Kier molecular flexibility index (Phi) is 5.62. The summed E-state index contributed by atoms with van der Waals surface area (Å²) in [6, 6.07) is 11.8. The molecule has 0 radical (unpaired) electrons. The highest BCUT2D eigenvalue weighted by atomic mass is 32.2. The molecule has 2 aromatic carbocycles. The van der Waals surface area contributed by atoms with Gasteiger partial charge in [0, 0.05) is 24.1 Å². The van der Waals surface area contributed by atoms with Crippen molar-refractivity contribution in [2.75, 3.05) is 18.1 Å². The number of hydrogen-bond acceptors (Lipinski definition) is 4. The lowest BCUT2D eigenvalue weighted by Crippen LogP contribution is -2.10. The molecule has 5 nitrogen and oxygen atoms in total. The van der Waals surface area contributed by atoms with Crippen LogP contribution in [0.1, 0.15) is 30.1 Å². The van der Waals surface area contributed by atoms with Crippen molar-refractivity contribution in [3.63, 3.8) is 0 Å². The Balaban J connectivity index is 2.73. The lowest BCUT2D eigenvalue weighted by Gasteiger charge is -2.17. The third-order valence-electron chi connectivity index (χ3n) is 3.66. The maximum Gasteiger partial charge on any atom is 0.335 e. The Morgan fingerprint density at radius 3 is 2.38 bits per heavy atom. The summed E-state index contributed by atoms with van der Waals surface area (Å²) in [5.74, 6) is -1.15. The van der Waals surface area contributed by atoms with Gasteiger partial charge in [0.1, 0.15) is 0 Å². The summed E-state index contributed by atoms with van der Waals surface area (Å²) in [5, 5.41) is 12.5. The molecule has 0 saturated heterocycles. The Morgan fingerprint density at radius 2 is 1.83 bits per heavy atom. The molecular formula is C18H21NO4S. The zero-order chi connectivity index (χ0) is 17.7. The molecule has 0 aliphatic rings. The van der Waals surface area contributed by atoms with Crippen LogP contribution in [-0.4, -0.2) is 32.3 Å². The number of carboxylic acid groups (broad SMARTS) is 1. The quantitative estimate of drug-likeness (QED) is 0.747. The number of hydrogen-bond donors (Lipinski definition) is 2. The standard InChI is InChI=1S/C18H21NO4S/c1-3-4-10-19-15-11-14(18(20)21)12-16(24(2,22)23)17(15)13-8-6-5-7-9-13/h5-9,11-12,19H,3-4,10H2,1-2H3,(H,20,21). The second-order valence-corrected chi connectivity index (χ2v) is 7.60. The summed E-state index contributed by atoms with van der Waals surface area (Å²) in [7, 11) is -3.59. The highest BCUT2D eigenvalue weighted by molar-refractivity contribution is 7.90. The van der Waals surface area contributed by atoms with E-state index in [0.29, 0.717) is 17.8 Å². The van der Waals surface area contributed by atoms with E-state index >= 15 is 0 Å². The molecule has 2 aromatic rings. The van der Waals surface area contributed by atoms with Gasteiger partial charge in [0.25, 0.3) is 0 Å². The molecule has 0 heterocycles. The molecule has 0 spiro atoms. The number of rotatable bonds is 7. The molecule has 2 N–H and O–H groups in total. The van der Waals surface area contributed by atoms with Gasteiger partial charge in [0.15, 0.2) is 9.84 Å². The van der Waals surface area contributed by atoms with Crippen LogP contribution in [0, 0.1) is 0 Å². The third kappa shape index (κ3) is 4.14. The van der Waals surface area contributed by atoms with E-state index in [0.717, 1.165) is 24.7 Å². The van der Waals surface area contributed by atoms with Crippen LogP contribution >= 0.6 is 0 Å². The highest BCUT2D eigenvalue weighted by Gasteiger charge is 2.21. The molecule has 128 valence electrons. The lowest BCUT2D eigenvalue weighted by atomic mass is 10.0. The van der Waals surface area contributed by atoms with Crippen molar-refractivity contribution in [1.29, 1.82) is 0 Å². The van der Waals surface area contributed by atoms with E-state index in [1.807, 2.05) is 30.3 Å². The lowest BCUT2D eigenvalue weighted by molar-refractivity contribution is 0.0696. The van der Waals surface area contributed by atoms with Crippen molar-refractivity contribution in [3.8, 4) is 11.1 Å². The first kappa shape index (κ1) is 18.0. The number of carbonyl (C=O) groups is 1. The van der Waals surface area contributed by atoms with E-state index in [1.54, 1.807) is 0 Å². The minimum Gasteiger partial charge on any atom is -0.478 e. The molecule has 0 aliphatic carbocycles. The number of sulfone groups is 1. The summed E-state index contributed by atoms with van der Waals surface area (Å²) in [6.45, 7) is 2.69. The average molecular weight is 347 g/mol. The number of benzene rings is 2. The number of aromatic carboxylic acids is 1. The van der Waals surface area contributed by atoms with Gasteiger partial charge in [-0.15, -0.1) is 0 Å². The van der Waals surface area contributed by atoms with Gasteiger partial charge in [-0.2, -0.15) is 0 Å². The maximum absolute atomic E-state index is 12.3. The van der Waals surface area contributed by atoms with Crippen LogP contribution in [0.3, 0.4) is 0 Å². The predicted molar refractivity (Wildman–Crippen MR) is 95.3 cm³/mol. The Bertz CT molecular complexity index is 830. The fourth-order valence-corrected chi connectivity index (χ4v) is 3.41. The molecule has 0 saturated carbocycles. The third-order valence-corrected chi connectivity index (χ3v) is 4.78. The summed E-state index contributed by atoms with van der Waals surface area (Å²) in [4.78, 5) is 11.4. The molecule has 2 rings (SSSR count). The smallest absolute Gasteiger partial charge is 0.335 e. The summed E-state index contributed by atoms with van der Waals surface area (Å²) in [6.07, 6.45) is 2.97. The van der Waals surface area contributed by atoms with Crippen LogP contribution in [0.2, 0.25) is 0 Å². The minimum absolute atomic E-state index is 0.0209. The van der Waals surface area contributed by atoms with Crippen molar-refractivity contribution < 1.29 is 18.3 Å². The highest BCUT2D eigenvalue weighted by Crippen LogP contribution is 2.36. The molecule has 0 aliphatic heterocycles. The van der Waals surface area contributed by atoms with Gasteiger partial charge in [-0.3, -0.25) is 0 Å². The van der Waals surface area contributed by atoms with Gasteiger partial charge in [0.05, 0.1) is 10.5 Å². The second kappa shape index (κ2) is 7.49. The van der Waals surface area contributed by atoms with E-state index in [1.165, 1.54) is 12.1 Å². The normalized spacial score (nSPS) is 11.2.